The summed E-state index contributed by atoms with van der Waals surface area (Å²) in [6, 6.07) is 0.764. The van der Waals surface area contributed by atoms with Gasteiger partial charge in [-0.15, -0.1) is 0 Å². The van der Waals surface area contributed by atoms with Crippen LogP contribution in [-0.4, -0.2) is 18.2 Å². The van der Waals surface area contributed by atoms with Crippen molar-refractivity contribution in [2.24, 2.45) is 16.6 Å². The van der Waals surface area contributed by atoms with Crippen molar-refractivity contribution >= 4 is 6.02 Å². The fourth-order valence-electron chi connectivity index (χ4n) is 1.94. The molecule has 0 aromatic carbocycles. The lowest BCUT2D eigenvalue weighted by atomic mass is 9.86. The molecule has 11 heavy (non-hydrogen) atoms. The molecule has 0 aromatic rings. The molecule has 0 bridgehead atoms. The Balaban J connectivity index is 2.03. The monoisotopic (exact) mass is 154 g/mol. The molecular formula is C8H14N2O. The van der Waals surface area contributed by atoms with Gasteiger partial charge in [0.2, 0.25) is 0 Å². The Labute approximate surface area is 66.6 Å². The summed E-state index contributed by atoms with van der Waals surface area (Å²) in [6.07, 6.45) is 3.82. The first-order chi connectivity index (χ1) is 5.25. The van der Waals surface area contributed by atoms with Gasteiger partial charge >= 0.3 is 0 Å². The van der Waals surface area contributed by atoms with Gasteiger partial charge in [0.1, 0.15) is 6.10 Å². The zero-order chi connectivity index (χ0) is 7.84. The van der Waals surface area contributed by atoms with Crippen molar-refractivity contribution in [3.05, 3.63) is 0 Å². The number of aliphatic imine (C=N–C) groups is 1. The normalized spacial score (nSPS) is 42.6. The molecule has 62 valence electrons. The van der Waals surface area contributed by atoms with E-state index < -0.39 is 0 Å². The SMILES string of the molecule is CC1CCC2N=C(N)OC2C1. The third kappa shape index (κ3) is 1.19. The van der Waals surface area contributed by atoms with Gasteiger partial charge in [-0.2, -0.15) is 0 Å². The van der Waals surface area contributed by atoms with Gasteiger partial charge in [0.25, 0.3) is 6.02 Å². The molecule has 0 radical (unpaired) electrons. The summed E-state index contributed by atoms with van der Waals surface area (Å²) in [5.74, 6) is 0.775. The fraction of sp³-hybridized carbons (Fsp3) is 0.875. The number of ether oxygens (including phenoxy) is 1. The summed E-state index contributed by atoms with van der Waals surface area (Å²) in [6.45, 7) is 2.26. The lowest BCUT2D eigenvalue weighted by molar-refractivity contribution is 0.124. The van der Waals surface area contributed by atoms with Crippen molar-refractivity contribution in [3.63, 3.8) is 0 Å². The highest BCUT2D eigenvalue weighted by atomic mass is 16.5. The Hall–Kier alpha value is -0.730. The number of fused-ring (bicyclic) bond motifs is 1. The largest absolute Gasteiger partial charge is 0.460 e. The van der Waals surface area contributed by atoms with Gasteiger partial charge in [-0.05, 0) is 25.2 Å². The first-order valence-corrected chi connectivity index (χ1v) is 4.25. The minimum Gasteiger partial charge on any atom is -0.460 e. The first kappa shape index (κ1) is 6.95. The van der Waals surface area contributed by atoms with Gasteiger partial charge in [-0.1, -0.05) is 6.92 Å². The van der Waals surface area contributed by atoms with Crippen LogP contribution < -0.4 is 5.73 Å². The average Bonchev–Trinajstić information content (AvgIpc) is 2.27. The lowest BCUT2D eigenvalue weighted by Gasteiger charge is -2.26. The number of nitrogens with zero attached hydrogens (tertiary/aromatic N) is 1. The van der Waals surface area contributed by atoms with E-state index in [0.29, 0.717) is 18.2 Å². The highest BCUT2D eigenvalue weighted by molar-refractivity contribution is 5.73. The van der Waals surface area contributed by atoms with Crippen LogP contribution in [0.5, 0.6) is 0 Å². The smallest absolute Gasteiger partial charge is 0.282 e. The molecule has 3 heteroatoms. The molecule has 0 spiro atoms. The Morgan fingerprint density at radius 1 is 1.55 bits per heavy atom. The number of rotatable bonds is 0. The predicted octanol–water partition coefficient (Wildman–Crippen LogP) is 0.889. The second-order valence-electron chi connectivity index (χ2n) is 3.61. The maximum atomic E-state index is 5.47. The van der Waals surface area contributed by atoms with Crippen LogP contribution >= 0.6 is 0 Å². The summed E-state index contributed by atoms with van der Waals surface area (Å²) in [5.41, 5.74) is 5.47. The second kappa shape index (κ2) is 2.40. The van der Waals surface area contributed by atoms with Crippen LogP contribution in [0.3, 0.4) is 0 Å². The van der Waals surface area contributed by atoms with E-state index in [1.165, 1.54) is 6.42 Å². The lowest BCUT2D eigenvalue weighted by Crippen LogP contribution is -2.30. The fourth-order valence-corrected chi connectivity index (χ4v) is 1.94. The molecule has 2 rings (SSSR count). The Kier molecular flexibility index (Phi) is 1.51. The highest BCUT2D eigenvalue weighted by Gasteiger charge is 2.34. The molecule has 3 atom stereocenters. The minimum atomic E-state index is 0.291. The maximum Gasteiger partial charge on any atom is 0.282 e. The predicted molar refractivity (Wildman–Crippen MR) is 43.3 cm³/mol. The van der Waals surface area contributed by atoms with Gasteiger partial charge in [-0.25, -0.2) is 4.99 Å². The van der Waals surface area contributed by atoms with Crippen LogP contribution in [0.1, 0.15) is 26.2 Å². The van der Waals surface area contributed by atoms with E-state index in [-0.39, 0.29) is 0 Å². The number of amidine groups is 1. The van der Waals surface area contributed by atoms with Crippen molar-refractivity contribution in [2.45, 2.75) is 38.3 Å². The molecule has 1 fully saturated rings. The van der Waals surface area contributed by atoms with Crippen molar-refractivity contribution < 1.29 is 4.74 Å². The molecular weight excluding hydrogens is 140 g/mol. The van der Waals surface area contributed by atoms with Gasteiger partial charge in [0.15, 0.2) is 0 Å². The molecule has 2 aliphatic rings. The standard InChI is InChI=1S/C8H14N2O/c1-5-2-3-6-7(4-5)11-8(9)10-6/h5-7H,2-4H2,1H3,(H2,9,10). The van der Waals surface area contributed by atoms with Crippen molar-refractivity contribution in [1.82, 2.24) is 0 Å². The average molecular weight is 154 g/mol. The molecule has 3 nitrogen and oxygen atoms in total. The Bertz CT molecular complexity index is 191. The van der Waals surface area contributed by atoms with E-state index in [9.17, 15) is 0 Å². The zero-order valence-corrected chi connectivity index (χ0v) is 6.79. The Morgan fingerprint density at radius 2 is 2.36 bits per heavy atom. The van der Waals surface area contributed by atoms with E-state index in [4.69, 9.17) is 10.5 Å². The van der Waals surface area contributed by atoms with E-state index in [1.807, 2.05) is 0 Å². The third-order valence-electron chi connectivity index (χ3n) is 2.58. The molecule has 0 aromatic heterocycles. The summed E-state index contributed by atoms with van der Waals surface area (Å²) in [4.78, 5) is 4.22. The van der Waals surface area contributed by atoms with Gasteiger partial charge in [0, 0.05) is 0 Å². The van der Waals surface area contributed by atoms with Crippen molar-refractivity contribution in [2.75, 3.05) is 0 Å². The van der Waals surface area contributed by atoms with Crippen LogP contribution in [0.25, 0.3) is 0 Å². The van der Waals surface area contributed by atoms with E-state index in [1.54, 1.807) is 0 Å². The van der Waals surface area contributed by atoms with Crippen LogP contribution in [0.4, 0.5) is 0 Å². The Morgan fingerprint density at radius 3 is 3.18 bits per heavy atom. The summed E-state index contributed by atoms with van der Waals surface area (Å²) < 4.78 is 5.36. The molecule has 1 heterocycles. The van der Waals surface area contributed by atoms with Crippen molar-refractivity contribution in [1.29, 1.82) is 0 Å². The van der Waals surface area contributed by atoms with E-state index in [2.05, 4.69) is 11.9 Å². The van der Waals surface area contributed by atoms with Crippen molar-refractivity contribution in [3.8, 4) is 0 Å². The number of hydrogen-bond donors (Lipinski definition) is 1. The molecule has 3 unspecified atom stereocenters. The number of hydrogen-bond acceptors (Lipinski definition) is 3. The third-order valence-corrected chi connectivity index (χ3v) is 2.58. The summed E-state index contributed by atoms with van der Waals surface area (Å²) in [5, 5.41) is 0. The minimum absolute atomic E-state index is 0.291. The molecule has 1 aliphatic heterocycles. The van der Waals surface area contributed by atoms with Crippen LogP contribution in [0, 0.1) is 5.92 Å². The second-order valence-corrected chi connectivity index (χ2v) is 3.61. The summed E-state index contributed by atoms with van der Waals surface area (Å²) >= 11 is 0. The first-order valence-electron chi connectivity index (χ1n) is 4.25. The van der Waals surface area contributed by atoms with Crippen LogP contribution in [0.2, 0.25) is 0 Å². The molecule has 2 N–H and O–H groups in total. The van der Waals surface area contributed by atoms with Gasteiger partial charge < -0.3 is 10.5 Å². The molecule has 1 saturated carbocycles. The zero-order valence-electron chi connectivity index (χ0n) is 6.79. The summed E-state index contributed by atoms with van der Waals surface area (Å²) in [7, 11) is 0. The molecule has 0 amide bonds. The molecule has 0 saturated heterocycles. The molecule has 1 aliphatic carbocycles. The van der Waals surface area contributed by atoms with Gasteiger partial charge in [0.05, 0.1) is 6.04 Å². The van der Waals surface area contributed by atoms with Crippen LogP contribution in [0.15, 0.2) is 4.99 Å². The quantitative estimate of drug-likeness (QED) is 0.563. The van der Waals surface area contributed by atoms with E-state index >= 15 is 0 Å². The topological polar surface area (TPSA) is 47.6 Å². The highest BCUT2D eigenvalue weighted by Crippen LogP contribution is 2.30. The van der Waals surface area contributed by atoms with Gasteiger partial charge in [-0.3, -0.25) is 0 Å². The van der Waals surface area contributed by atoms with E-state index in [0.717, 1.165) is 18.8 Å². The van der Waals surface area contributed by atoms with Crippen LogP contribution in [-0.2, 0) is 4.74 Å². The number of nitrogens with two attached hydrogens (primary N) is 1. The maximum absolute atomic E-state index is 5.47.